The number of carboxylic acid groups (broad SMARTS) is 1. The molecule has 0 bridgehead atoms. The van der Waals surface area contributed by atoms with E-state index < -0.39 is 11.9 Å². The number of carbonyl (C=O) groups excluding carboxylic acids is 1. The standard InChI is InChI=1S/C23H43NO4/c1-2-3-4-10-14-19(25)15-11-8-6-5-7-9-12-16-20(23(27)28)22(26)21-17-13-18-24-21/h19-21,24-25H,2-18H2,1H3,(H,27,28)/t19?,20?,21-/m0/s1. The topological polar surface area (TPSA) is 86.6 Å². The Kier molecular flexibility index (Phi) is 14.3. The molecule has 3 N–H and O–H groups in total. The number of rotatable bonds is 18. The Labute approximate surface area is 171 Å². The van der Waals surface area contributed by atoms with Crippen LogP contribution < -0.4 is 5.32 Å². The lowest BCUT2D eigenvalue weighted by Crippen LogP contribution is -2.38. The van der Waals surface area contributed by atoms with Gasteiger partial charge >= 0.3 is 5.97 Å². The van der Waals surface area contributed by atoms with Gasteiger partial charge in [0.1, 0.15) is 5.92 Å². The van der Waals surface area contributed by atoms with Gasteiger partial charge in [0.15, 0.2) is 5.78 Å². The summed E-state index contributed by atoms with van der Waals surface area (Å²) in [6.45, 7) is 3.02. The van der Waals surface area contributed by atoms with Gasteiger partial charge in [-0.3, -0.25) is 9.59 Å². The molecule has 28 heavy (non-hydrogen) atoms. The predicted octanol–water partition coefficient (Wildman–Crippen LogP) is 4.85. The molecule has 2 unspecified atom stereocenters. The van der Waals surface area contributed by atoms with Crippen LogP contribution in [-0.2, 0) is 9.59 Å². The molecular weight excluding hydrogens is 354 g/mol. The third-order valence-corrected chi connectivity index (χ3v) is 5.97. The molecule has 5 nitrogen and oxygen atoms in total. The second-order valence-corrected chi connectivity index (χ2v) is 8.50. The summed E-state index contributed by atoms with van der Waals surface area (Å²) in [6.07, 6.45) is 16.3. The molecule has 1 heterocycles. The monoisotopic (exact) mass is 397 g/mol. The quantitative estimate of drug-likeness (QED) is 0.227. The first-order valence-corrected chi connectivity index (χ1v) is 11.7. The van der Waals surface area contributed by atoms with E-state index in [9.17, 15) is 19.8 Å². The van der Waals surface area contributed by atoms with Crippen LogP contribution >= 0.6 is 0 Å². The highest BCUT2D eigenvalue weighted by molar-refractivity contribution is 6.01. The van der Waals surface area contributed by atoms with Gasteiger partial charge in [-0.25, -0.2) is 0 Å². The molecule has 1 saturated heterocycles. The first kappa shape index (κ1) is 25.1. The number of ketones is 1. The fraction of sp³-hybridized carbons (Fsp3) is 0.913. The van der Waals surface area contributed by atoms with Crippen molar-refractivity contribution in [2.45, 2.75) is 122 Å². The molecule has 1 fully saturated rings. The highest BCUT2D eigenvalue weighted by Crippen LogP contribution is 2.19. The minimum absolute atomic E-state index is 0.127. The summed E-state index contributed by atoms with van der Waals surface area (Å²) >= 11 is 0. The first-order chi connectivity index (χ1) is 13.6. The summed E-state index contributed by atoms with van der Waals surface area (Å²) < 4.78 is 0. The van der Waals surface area contributed by atoms with Crippen molar-refractivity contribution in [2.24, 2.45) is 5.92 Å². The lowest BCUT2D eigenvalue weighted by Gasteiger charge is -2.16. The average Bonchev–Trinajstić information content (AvgIpc) is 3.21. The summed E-state index contributed by atoms with van der Waals surface area (Å²) in [5.41, 5.74) is 0. The molecule has 0 amide bonds. The molecule has 0 saturated carbocycles. The molecule has 0 aromatic carbocycles. The van der Waals surface area contributed by atoms with Crippen LogP contribution in [0.1, 0.15) is 110 Å². The van der Waals surface area contributed by atoms with Crippen molar-refractivity contribution < 1.29 is 19.8 Å². The van der Waals surface area contributed by atoms with E-state index in [2.05, 4.69) is 12.2 Å². The van der Waals surface area contributed by atoms with E-state index in [-0.39, 0.29) is 17.9 Å². The third kappa shape index (κ3) is 11.2. The minimum atomic E-state index is -0.966. The molecule has 1 aliphatic heterocycles. The molecule has 1 rings (SSSR count). The van der Waals surface area contributed by atoms with E-state index in [1.54, 1.807) is 0 Å². The summed E-state index contributed by atoms with van der Waals surface area (Å²) in [6, 6.07) is -0.247. The molecule has 0 aromatic heterocycles. The van der Waals surface area contributed by atoms with Gasteiger partial charge in [0.25, 0.3) is 0 Å². The van der Waals surface area contributed by atoms with Gasteiger partial charge in [-0.2, -0.15) is 0 Å². The van der Waals surface area contributed by atoms with Crippen molar-refractivity contribution in [3.05, 3.63) is 0 Å². The highest BCUT2D eigenvalue weighted by atomic mass is 16.4. The molecular formula is C23H43NO4. The third-order valence-electron chi connectivity index (χ3n) is 5.97. The lowest BCUT2D eigenvalue weighted by atomic mass is 9.91. The molecule has 3 atom stereocenters. The fourth-order valence-electron chi connectivity index (χ4n) is 4.12. The Morgan fingerprint density at radius 1 is 0.893 bits per heavy atom. The molecule has 0 aromatic rings. The number of Topliss-reactive ketones (excluding diaryl/α,β-unsaturated/α-hetero) is 1. The fourth-order valence-corrected chi connectivity index (χ4v) is 4.12. The lowest BCUT2D eigenvalue weighted by molar-refractivity contribution is -0.147. The number of hydrogen-bond acceptors (Lipinski definition) is 4. The second-order valence-electron chi connectivity index (χ2n) is 8.50. The molecule has 0 radical (unpaired) electrons. The van der Waals surface area contributed by atoms with Crippen molar-refractivity contribution in [3.8, 4) is 0 Å². The predicted molar refractivity (Wildman–Crippen MR) is 113 cm³/mol. The van der Waals surface area contributed by atoms with E-state index >= 15 is 0 Å². The van der Waals surface area contributed by atoms with Gasteiger partial charge in [-0.15, -0.1) is 0 Å². The van der Waals surface area contributed by atoms with Crippen LogP contribution in [0, 0.1) is 5.92 Å². The van der Waals surface area contributed by atoms with Crippen molar-refractivity contribution in [1.82, 2.24) is 5.32 Å². The van der Waals surface area contributed by atoms with E-state index in [0.717, 1.165) is 77.2 Å². The zero-order valence-corrected chi connectivity index (χ0v) is 18.0. The van der Waals surface area contributed by atoms with Gasteiger partial charge in [0.2, 0.25) is 0 Å². The number of hydrogen-bond donors (Lipinski definition) is 3. The average molecular weight is 398 g/mol. The van der Waals surface area contributed by atoms with Gasteiger partial charge in [0.05, 0.1) is 12.1 Å². The largest absolute Gasteiger partial charge is 0.481 e. The summed E-state index contributed by atoms with van der Waals surface area (Å²) in [5.74, 6) is -1.93. The normalized spacial score (nSPS) is 18.9. The minimum Gasteiger partial charge on any atom is -0.481 e. The van der Waals surface area contributed by atoms with Gasteiger partial charge in [-0.1, -0.05) is 77.6 Å². The van der Waals surface area contributed by atoms with Gasteiger partial charge < -0.3 is 15.5 Å². The number of carbonyl (C=O) groups is 2. The molecule has 1 aliphatic rings. The summed E-state index contributed by atoms with van der Waals surface area (Å²) in [7, 11) is 0. The first-order valence-electron chi connectivity index (χ1n) is 11.7. The number of aliphatic hydroxyl groups is 1. The van der Waals surface area contributed by atoms with Crippen LogP contribution in [0.3, 0.4) is 0 Å². The van der Waals surface area contributed by atoms with E-state index in [1.165, 1.54) is 25.7 Å². The van der Waals surface area contributed by atoms with Crippen LogP contribution in [0.4, 0.5) is 0 Å². The zero-order chi connectivity index (χ0) is 20.6. The maximum absolute atomic E-state index is 12.3. The van der Waals surface area contributed by atoms with Gasteiger partial charge in [0, 0.05) is 0 Å². The van der Waals surface area contributed by atoms with Crippen LogP contribution in [0.5, 0.6) is 0 Å². The Balaban J connectivity index is 1.98. The van der Waals surface area contributed by atoms with Crippen LogP contribution in [0.25, 0.3) is 0 Å². The molecule has 164 valence electrons. The smallest absolute Gasteiger partial charge is 0.314 e. The molecule has 0 aliphatic carbocycles. The molecule has 5 heteroatoms. The SMILES string of the molecule is CCCCCCC(O)CCCCCCCCCC(C(=O)O)C(=O)[C@@H]1CCCN1. The van der Waals surface area contributed by atoms with Crippen molar-refractivity contribution in [3.63, 3.8) is 0 Å². The van der Waals surface area contributed by atoms with Crippen molar-refractivity contribution in [1.29, 1.82) is 0 Å². The van der Waals surface area contributed by atoms with Crippen LogP contribution in [0.2, 0.25) is 0 Å². The molecule has 0 spiro atoms. The maximum Gasteiger partial charge on any atom is 0.314 e. The Morgan fingerprint density at radius 2 is 1.43 bits per heavy atom. The second kappa shape index (κ2) is 15.9. The van der Waals surface area contributed by atoms with E-state index in [4.69, 9.17) is 0 Å². The zero-order valence-electron chi connectivity index (χ0n) is 18.0. The van der Waals surface area contributed by atoms with E-state index in [1.807, 2.05) is 0 Å². The summed E-state index contributed by atoms with van der Waals surface area (Å²) in [4.78, 5) is 23.7. The number of nitrogens with one attached hydrogen (secondary N) is 1. The Morgan fingerprint density at radius 3 is 1.93 bits per heavy atom. The highest BCUT2D eigenvalue weighted by Gasteiger charge is 2.33. The number of carboxylic acids is 1. The van der Waals surface area contributed by atoms with E-state index in [0.29, 0.717) is 6.42 Å². The summed E-state index contributed by atoms with van der Waals surface area (Å²) in [5, 5.41) is 22.4. The van der Waals surface area contributed by atoms with Gasteiger partial charge in [-0.05, 0) is 38.6 Å². The van der Waals surface area contributed by atoms with Crippen LogP contribution in [-0.4, -0.2) is 40.7 Å². The Hall–Kier alpha value is -0.940. The number of unbranched alkanes of at least 4 members (excludes halogenated alkanes) is 9. The number of aliphatic hydroxyl groups excluding tert-OH is 1. The number of aliphatic carboxylic acids is 1. The Bertz CT molecular complexity index is 421. The van der Waals surface area contributed by atoms with Crippen molar-refractivity contribution >= 4 is 11.8 Å². The maximum atomic E-state index is 12.3. The van der Waals surface area contributed by atoms with Crippen LogP contribution in [0.15, 0.2) is 0 Å². The van der Waals surface area contributed by atoms with Crippen molar-refractivity contribution in [2.75, 3.05) is 6.54 Å².